The molecule has 0 spiro atoms. The predicted molar refractivity (Wildman–Crippen MR) is 75.1 cm³/mol. The van der Waals surface area contributed by atoms with E-state index in [0.29, 0.717) is 10.0 Å². The molecule has 0 bridgehead atoms. The Morgan fingerprint density at radius 1 is 1.06 bits per heavy atom. The first-order valence-electron chi connectivity index (χ1n) is 5.83. The monoisotopic (exact) mass is 283 g/mol. The Kier molecular flexibility index (Phi) is 4.33. The maximum atomic E-state index is 6.20. The fourth-order valence-electron chi connectivity index (χ4n) is 1.94. The van der Waals surface area contributed by atoms with E-state index in [1.807, 2.05) is 31.2 Å². The number of rotatable bonds is 4. The third-order valence-corrected chi connectivity index (χ3v) is 3.75. The number of nitrogens with one attached hydrogen (secondary N) is 1. The predicted octanol–water partition coefficient (Wildman–Crippen LogP) is 5.00. The highest BCUT2D eigenvalue weighted by Gasteiger charge is 2.16. The quantitative estimate of drug-likeness (QED) is 0.854. The SMILES string of the molecule is CC(NC(C)c1cccc(Cl)c1Cl)c1ccco1. The van der Waals surface area contributed by atoms with Gasteiger partial charge in [0.1, 0.15) is 5.76 Å². The average molecular weight is 284 g/mol. The summed E-state index contributed by atoms with van der Waals surface area (Å²) in [7, 11) is 0. The molecule has 2 rings (SSSR count). The minimum Gasteiger partial charge on any atom is -0.468 e. The topological polar surface area (TPSA) is 25.2 Å². The third kappa shape index (κ3) is 2.89. The van der Waals surface area contributed by atoms with E-state index in [1.54, 1.807) is 12.3 Å². The van der Waals surface area contributed by atoms with Gasteiger partial charge >= 0.3 is 0 Å². The molecule has 0 saturated heterocycles. The van der Waals surface area contributed by atoms with Crippen molar-refractivity contribution in [2.24, 2.45) is 0 Å². The molecule has 1 heterocycles. The molecule has 1 aromatic heterocycles. The lowest BCUT2D eigenvalue weighted by molar-refractivity contribution is 0.403. The van der Waals surface area contributed by atoms with Gasteiger partial charge in [0.15, 0.2) is 0 Å². The van der Waals surface area contributed by atoms with Crippen molar-refractivity contribution in [1.29, 1.82) is 0 Å². The number of halogens is 2. The summed E-state index contributed by atoms with van der Waals surface area (Å²) >= 11 is 12.2. The first-order valence-corrected chi connectivity index (χ1v) is 6.58. The molecule has 96 valence electrons. The third-order valence-electron chi connectivity index (χ3n) is 2.92. The zero-order valence-corrected chi connectivity index (χ0v) is 11.8. The number of hydrogen-bond donors (Lipinski definition) is 1. The molecule has 2 nitrogen and oxygen atoms in total. The van der Waals surface area contributed by atoms with E-state index in [4.69, 9.17) is 27.6 Å². The molecule has 2 unspecified atom stereocenters. The van der Waals surface area contributed by atoms with Crippen LogP contribution in [0.4, 0.5) is 0 Å². The van der Waals surface area contributed by atoms with Gasteiger partial charge in [-0.25, -0.2) is 0 Å². The summed E-state index contributed by atoms with van der Waals surface area (Å²) < 4.78 is 5.36. The molecule has 2 atom stereocenters. The van der Waals surface area contributed by atoms with Crippen molar-refractivity contribution in [3.8, 4) is 0 Å². The molecule has 0 amide bonds. The van der Waals surface area contributed by atoms with Gasteiger partial charge in [0.25, 0.3) is 0 Å². The first kappa shape index (κ1) is 13.5. The minimum atomic E-state index is 0.0938. The fourth-order valence-corrected chi connectivity index (χ4v) is 2.41. The van der Waals surface area contributed by atoms with Crippen LogP contribution in [0.5, 0.6) is 0 Å². The smallest absolute Gasteiger partial charge is 0.120 e. The van der Waals surface area contributed by atoms with Crippen molar-refractivity contribution >= 4 is 23.2 Å². The van der Waals surface area contributed by atoms with Gasteiger partial charge in [-0.05, 0) is 37.6 Å². The lowest BCUT2D eigenvalue weighted by atomic mass is 10.1. The van der Waals surface area contributed by atoms with Gasteiger partial charge < -0.3 is 9.73 Å². The van der Waals surface area contributed by atoms with Gasteiger partial charge in [-0.2, -0.15) is 0 Å². The summed E-state index contributed by atoms with van der Waals surface area (Å²) in [5.74, 6) is 0.903. The van der Waals surface area contributed by atoms with Gasteiger partial charge in [0, 0.05) is 6.04 Å². The molecule has 0 radical (unpaired) electrons. The van der Waals surface area contributed by atoms with Crippen LogP contribution < -0.4 is 5.32 Å². The Labute approximate surface area is 117 Å². The van der Waals surface area contributed by atoms with E-state index >= 15 is 0 Å². The van der Waals surface area contributed by atoms with Crippen LogP contribution in [0.1, 0.15) is 37.3 Å². The van der Waals surface area contributed by atoms with Crippen molar-refractivity contribution in [2.45, 2.75) is 25.9 Å². The van der Waals surface area contributed by atoms with E-state index in [-0.39, 0.29) is 12.1 Å². The molecule has 0 aliphatic carbocycles. The van der Waals surface area contributed by atoms with Gasteiger partial charge in [-0.15, -0.1) is 0 Å². The lowest BCUT2D eigenvalue weighted by Crippen LogP contribution is -2.22. The molecule has 0 aliphatic rings. The number of furan rings is 1. The van der Waals surface area contributed by atoms with Crippen LogP contribution in [-0.2, 0) is 0 Å². The van der Waals surface area contributed by atoms with Gasteiger partial charge in [0.05, 0.1) is 22.4 Å². The standard InChI is InChI=1S/C14H15Cl2NO/c1-9(11-5-3-6-12(15)14(11)16)17-10(2)13-7-4-8-18-13/h3-10,17H,1-2H3. The van der Waals surface area contributed by atoms with Gasteiger partial charge in [-0.3, -0.25) is 0 Å². The molecule has 1 N–H and O–H groups in total. The van der Waals surface area contributed by atoms with Crippen LogP contribution >= 0.6 is 23.2 Å². The molecule has 1 aromatic carbocycles. The summed E-state index contributed by atoms with van der Waals surface area (Å²) in [4.78, 5) is 0. The largest absolute Gasteiger partial charge is 0.468 e. The summed E-state index contributed by atoms with van der Waals surface area (Å²) in [5, 5.41) is 4.61. The summed E-state index contributed by atoms with van der Waals surface area (Å²) in [6.45, 7) is 4.10. The van der Waals surface area contributed by atoms with E-state index in [2.05, 4.69) is 12.2 Å². The molecule has 0 fully saturated rings. The highest BCUT2D eigenvalue weighted by molar-refractivity contribution is 6.42. The molecular weight excluding hydrogens is 269 g/mol. The second-order valence-corrected chi connectivity index (χ2v) is 5.05. The number of hydrogen-bond acceptors (Lipinski definition) is 2. The molecule has 4 heteroatoms. The first-order chi connectivity index (χ1) is 8.59. The van der Waals surface area contributed by atoms with Crippen molar-refractivity contribution in [1.82, 2.24) is 5.32 Å². The zero-order chi connectivity index (χ0) is 13.1. The van der Waals surface area contributed by atoms with E-state index in [0.717, 1.165) is 11.3 Å². The molecular formula is C14H15Cl2NO. The second kappa shape index (κ2) is 5.79. The summed E-state index contributed by atoms with van der Waals surface area (Å²) in [5.41, 5.74) is 0.988. The molecule has 18 heavy (non-hydrogen) atoms. The van der Waals surface area contributed by atoms with Gasteiger partial charge in [-0.1, -0.05) is 35.3 Å². The molecule has 0 saturated carbocycles. The van der Waals surface area contributed by atoms with Crippen LogP contribution in [0.3, 0.4) is 0 Å². The van der Waals surface area contributed by atoms with Crippen LogP contribution in [0, 0.1) is 0 Å². The van der Waals surface area contributed by atoms with E-state index in [9.17, 15) is 0 Å². The Morgan fingerprint density at radius 3 is 2.50 bits per heavy atom. The van der Waals surface area contributed by atoms with E-state index < -0.39 is 0 Å². The Bertz CT molecular complexity index is 511. The van der Waals surface area contributed by atoms with Crippen molar-refractivity contribution in [2.75, 3.05) is 0 Å². The maximum Gasteiger partial charge on any atom is 0.120 e. The van der Waals surface area contributed by atoms with Gasteiger partial charge in [0.2, 0.25) is 0 Å². The molecule has 2 aromatic rings. The maximum absolute atomic E-state index is 6.20. The average Bonchev–Trinajstić information content (AvgIpc) is 2.86. The normalized spacial score (nSPS) is 14.4. The van der Waals surface area contributed by atoms with Crippen molar-refractivity contribution in [3.05, 3.63) is 58.0 Å². The minimum absolute atomic E-state index is 0.0938. The fraction of sp³-hybridized carbons (Fsp3) is 0.286. The summed E-state index contributed by atoms with van der Waals surface area (Å²) in [6, 6.07) is 9.70. The lowest BCUT2D eigenvalue weighted by Gasteiger charge is -2.20. The Hall–Kier alpha value is -0.960. The van der Waals surface area contributed by atoms with Crippen molar-refractivity contribution in [3.63, 3.8) is 0 Å². The van der Waals surface area contributed by atoms with Crippen LogP contribution in [0.2, 0.25) is 10.0 Å². The zero-order valence-electron chi connectivity index (χ0n) is 10.3. The van der Waals surface area contributed by atoms with Crippen LogP contribution in [0.15, 0.2) is 41.0 Å². The van der Waals surface area contributed by atoms with Crippen LogP contribution in [-0.4, -0.2) is 0 Å². The second-order valence-electron chi connectivity index (χ2n) is 4.27. The van der Waals surface area contributed by atoms with E-state index in [1.165, 1.54) is 0 Å². The highest BCUT2D eigenvalue weighted by Crippen LogP contribution is 2.30. The highest BCUT2D eigenvalue weighted by atomic mass is 35.5. The van der Waals surface area contributed by atoms with Crippen LogP contribution in [0.25, 0.3) is 0 Å². The number of benzene rings is 1. The molecule has 0 aliphatic heterocycles. The van der Waals surface area contributed by atoms with Crippen molar-refractivity contribution < 1.29 is 4.42 Å². The summed E-state index contributed by atoms with van der Waals surface area (Å²) in [6.07, 6.45) is 1.67. The Balaban J connectivity index is 2.12. The Morgan fingerprint density at radius 2 is 1.83 bits per heavy atom.